The Balaban J connectivity index is 1.63. The van der Waals surface area contributed by atoms with Crippen LogP contribution in [0.4, 0.5) is 10.1 Å². The predicted molar refractivity (Wildman–Crippen MR) is 108 cm³/mol. The van der Waals surface area contributed by atoms with Crippen molar-refractivity contribution < 1.29 is 9.13 Å². The van der Waals surface area contributed by atoms with Gasteiger partial charge in [0.2, 0.25) is 5.95 Å². The van der Waals surface area contributed by atoms with Crippen LogP contribution in [0, 0.1) is 5.95 Å². The van der Waals surface area contributed by atoms with E-state index in [2.05, 4.69) is 41.4 Å². The average Bonchev–Trinajstić information content (AvgIpc) is 3.51. The molecular formula is C20H17BrFN5O. The molecule has 3 aromatic heterocycles. The molecule has 1 aliphatic carbocycles. The van der Waals surface area contributed by atoms with Gasteiger partial charge in [-0.25, -0.2) is 9.97 Å². The number of nitrogens with zero attached hydrogens (tertiary/aromatic N) is 4. The van der Waals surface area contributed by atoms with Crippen LogP contribution >= 0.6 is 15.9 Å². The van der Waals surface area contributed by atoms with Gasteiger partial charge in [-0.15, -0.1) is 0 Å². The Morgan fingerprint density at radius 2 is 2.07 bits per heavy atom. The van der Waals surface area contributed by atoms with Gasteiger partial charge in [-0.3, -0.25) is 10.4 Å². The fourth-order valence-electron chi connectivity index (χ4n) is 2.55. The van der Waals surface area contributed by atoms with Gasteiger partial charge < -0.3 is 4.74 Å². The lowest BCUT2D eigenvalue weighted by atomic mass is 10.1. The molecule has 1 fully saturated rings. The molecule has 1 N–H and O–H groups in total. The summed E-state index contributed by atoms with van der Waals surface area (Å²) in [4.78, 5) is 12.2. The summed E-state index contributed by atoms with van der Waals surface area (Å²) in [5.41, 5.74) is 6.02. The summed E-state index contributed by atoms with van der Waals surface area (Å²) in [5, 5.41) is 4.55. The first-order valence-corrected chi connectivity index (χ1v) is 9.63. The molecule has 1 saturated carbocycles. The normalized spacial score (nSPS) is 14.0. The van der Waals surface area contributed by atoms with E-state index in [0.717, 1.165) is 29.8 Å². The number of anilines is 1. The van der Waals surface area contributed by atoms with Crippen molar-refractivity contribution >= 4 is 27.3 Å². The SMILES string of the molecule is Fc1cc(OC2CC2)c(N/N=C(/Cc2ccccn2)c2ccnc(Br)c2)cn1. The fourth-order valence-corrected chi connectivity index (χ4v) is 2.91. The Labute approximate surface area is 170 Å². The molecule has 142 valence electrons. The van der Waals surface area contributed by atoms with Gasteiger partial charge in [-0.2, -0.15) is 9.49 Å². The number of aromatic nitrogens is 3. The summed E-state index contributed by atoms with van der Waals surface area (Å²) >= 11 is 3.39. The van der Waals surface area contributed by atoms with Crippen LogP contribution in [0.5, 0.6) is 5.75 Å². The zero-order valence-corrected chi connectivity index (χ0v) is 16.4. The Bertz CT molecular complexity index is 995. The van der Waals surface area contributed by atoms with Crippen molar-refractivity contribution in [1.82, 2.24) is 15.0 Å². The number of nitrogens with one attached hydrogen (secondary N) is 1. The van der Waals surface area contributed by atoms with E-state index in [1.54, 1.807) is 12.4 Å². The van der Waals surface area contributed by atoms with E-state index < -0.39 is 5.95 Å². The Morgan fingerprint density at radius 3 is 2.82 bits per heavy atom. The smallest absolute Gasteiger partial charge is 0.216 e. The number of hydrazone groups is 1. The van der Waals surface area contributed by atoms with E-state index in [0.29, 0.717) is 22.5 Å². The second-order valence-corrected chi connectivity index (χ2v) is 7.17. The number of ether oxygens (including phenoxy) is 1. The van der Waals surface area contributed by atoms with Gasteiger partial charge in [0, 0.05) is 36.1 Å². The van der Waals surface area contributed by atoms with Crippen molar-refractivity contribution in [2.24, 2.45) is 5.10 Å². The van der Waals surface area contributed by atoms with Crippen LogP contribution in [-0.2, 0) is 6.42 Å². The first-order chi connectivity index (χ1) is 13.7. The van der Waals surface area contributed by atoms with Crippen molar-refractivity contribution in [3.63, 3.8) is 0 Å². The van der Waals surface area contributed by atoms with Gasteiger partial charge in [-0.05, 0) is 53.0 Å². The van der Waals surface area contributed by atoms with Crippen LogP contribution in [0.25, 0.3) is 0 Å². The summed E-state index contributed by atoms with van der Waals surface area (Å²) < 4.78 is 20.0. The molecule has 0 bridgehead atoms. The van der Waals surface area contributed by atoms with E-state index in [-0.39, 0.29) is 6.10 Å². The Morgan fingerprint density at radius 1 is 1.18 bits per heavy atom. The first kappa shape index (κ1) is 18.5. The van der Waals surface area contributed by atoms with Gasteiger partial charge in [0.25, 0.3) is 0 Å². The highest BCUT2D eigenvalue weighted by Crippen LogP contribution is 2.32. The highest BCUT2D eigenvalue weighted by atomic mass is 79.9. The molecule has 0 unspecified atom stereocenters. The highest BCUT2D eigenvalue weighted by molar-refractivity contribution is 9.10. The molecule has 28 heavy (non-hydrogen) atoms. The van der Waals surface area contributed by atoms with Gasteiger partial charge >= 0.3 is 0 Å². The predicted octanol–water partition coefficient (Wildman–Crippen LogP) is 4.37. The molecule has 0 aliphatic heterocycles. The van der Waals surface area contributed by atoms with Crippen LogP contribution in [0.3, 0.4) is 0 Å². The van der Waals surface area contributed by atoms with Crippen molar-refractivity contribution in [2.75, 3.05) is 5.43 Å². The molecule has 1 aliphatic rings. The minimum atomic E-state index is -0.586. The molecule has 8 heteroatoms. The Kier molecular flexibility index (Phi) is 5.57. The molecule has 6 nitrogen and oxygen atoms in total. The van der Waals surface area contributed by atoms with E-state index in [1.807, 2.05) is 30.3 Å². The van der Waals surface area contributed by atoms with Crippen molar-refractivity contribution in [1.29, 1.82) is 0 Å². The minimum Gasteiger partial charge on any atom is -0.488 e. The molecular weight excluding hydrogens is 425 g/mol. The summed E-state index contributed by atoms with van der Waals surface area (Å²) in [6, 6.07) is 10.8. The monoisotopic (exact) mass is 441 g/mol. The third-order valence-corrected chi connectivity index (χ3v) is 4.53. The summed E-state index contributed by atoms with van der Waals surface area (Å²) in [7, 11) is 0. The molecule has 0 radical (unpaired) electrons. The number of halogens is 2. The van der Waals surface area contributed by atoms with Gasteiger partial charge in [-0.1, -0.05) is 6.07 Å². The van der Waals surface area contributed by atoms with Crippen molar-refractivity contribution in [2.45, 2.75) is 25.4 Å². The quantitative estimate of drug-likeness (QED) is 0.334. The Hall–Kier alpha value is -2.87. The zero-order valence-electron chi connectivity index (χ0n) is 14.8. The minimum absolute atomic E-state index is 0.135. The first-order valence-electron chi connectivity index (χ1n) is 8.84. The maximum Gasteiger partial charge on any atom is 0.216 e. The standard InChI is InChI=1S/C20H17BrFN5O/c21-19-9-13(6-8-24-19)16(10-14-3-1-2-7-23-14)26-27-17-12-25-20(22)11-18(17)28-15-4-5-15/h1-3,6-9,11-12,15,27H,4-5,10H2/b26-16-. The van der Waals surface area contributed by atoms with E-state index in [9.17, 15) is 4.39 Å². The van der Waals surface area contributed by atoms with Crippen molar-refractivity contribution in [3.8, 4) is 5.75 Å². The molecule has 0 atom stereocenters. The van der Waals surface area contributed by atoms with Crippen LogP contribution in [-0.4, -0.2) is 26.8 Å². The van der Waals surface area contributed by atoms with Crippen LogP contribution in [0.2, 0.25) is 0 Å². The topological polar surface area (TPSA) is 72.3 Å². The molecule has 3 heterocycles. The van der Waals surface area contributed by atoms with Crippen LogP contribution in [0.1, 0.15) is 24.1 Å². The van der Waals surface area contributed by atoms with Crippen molar-refractivity contribution in [3.05, 3.63) is 76.8 Å². The zero-order chi connectivity index (χ0) is 19.3. The second-order valence-electron chi connectivity index (χ2n) is 6.36. The maximum atomic E-state index is 13.5. The molecule has 0 amide bonds. The summed E-state index contributed by atoms with van der Waals surface area (Å²) in [5.74, 6) is -0.177. The molecule has 4 rings (SSSR count). The van der Waals surface area contributed by atoms with E-state index in [4.69, 9.17) is 4.74 Å². The summed E-state index contributed by atoms with van der Waals surface area (Å²) in [6.45, 7) is 0. The molecule has 0 spiro atoms. The lowest BCUT2D eigenvalue weighted by molar-refractivity contribution is 0.302. The number of hydrogen-bond donors (Lipinski definition) is 1. The lowest BCUT2D eigenvalue weighted by Gasteiger charge is -2.12. The van der Waals surface area contributed by atoms with Gasteiger partial charge in [0.05, 0.1) is 18.0 Å². The number of hydrogen-bond acceptors (Lipinski definition) is 6. The van der Waals surface area contributed by atoms with Gasteiger partial charge in [0.1, 0.15) is 10.3 Å². The van der Waals surface area contributed by atoms with Gasteiger partial charge in [0.15, 0.2) is 5.75 Å². The average molecular weight is 442 g/mol. The number of pyridine rings is 3. The molecule has 0 saturated heterocycles. The van der Waals surface area contributed by atoms with E-state index >= 15 is 0 Å². The summed E-state index contributed by atoms with van der Waals surface area (Å²) in [6.07, 6.45) is 7.43. The molecule has 3 aromatic rings. The van der Waals surface area contributed by atoms with Crippen LogP contribution < -0.4 is 10.2 Å². The highest BCUT2D eigenvalue weighted by Gasteiger charge is 2.25. The number of rotatable bonds is 7. The second kappa shape index (κ2) is 8.43. The maximum absolute atomic E-state index is 13.5. The largest absolute Gasteiger partial charge is 0.488 e. The fraction of sp³-hybridized carbons (Fsp3) is 0.200. The van der Waals surface area contributed by atoms with E-state index in [1.165, 1.54) is 12.3 Å². The molecule has 0 aromatic carbocycles. The third-order valence-electron chi connectivity index (χ3n) is 4.10. The van der Waals surface area contributed by atoms with Crippen LogP contribution in [0.15, 0.2) is 64.7 Å². The lowest BCUT2D eigenvalue weighted by Crippen LogP contribution is -2.10. The third kappa shape index (κ3) is 4.89.